The molecule has 0 radical (unpaired) electrons. The van der Waals surface area contributed by atoms with Crippen LogP contribution in [0.15, 0.2) is 53.7 Å². The largest absolute Gasteiger partial charge is 0.478 e. The first-order valence-corrected chi connectivity index (χ1v) is 8.68. The Balaban J connectivity index is 1.69. The monoisotopic (exact) mass is 369 g/mol. The van der Waals surface area contributed by atoms with E-state index >= 15 is 0 Å². The fourth-order valence-electron chi connectivity index (χ4n) is 2.43. The Kier molecular flexibility index (Phi) is 5.04. The van der Waals surface area contributed by atoms with Crippen LogP contribution in [-0.4, -0.2) is 38.2 Å². The number of para-hydroxylation sites is 2. The summed E-state index contributed by atoms with van der Waals surface area (Å²) in [6.07, 6.45) is 0. The molecule has 0 unspecified atom stereocenters. The van der Waals surface area contributed by atoms with Gasteiger partial charge in [-0.05, 0) is 36.4 Å². The van der Waals surface area contributed by atoms with Crippen molar-refractivity contribution in [2.75, 3.05) is 11.1 Å². The van der Waals surface area contributed by atoms with Crippen molar-refractivity contribution in [1.82, 2.24) is 9.55 Å². The van der Waals surface area contributed by atoms with Crippen molar-refractivity contribution >= 4 is 46.3 Å². The van der Waals surface area contributed by atoms with Crippen molar-refractivity contribution in [3.63, 3.8) is 0 Å². The van der Waals surface area contributed by atoms with Crippen LogP contribution in [0.4, 0.5) is 5.69 Å². The molecule has 0 saturated heterocycles. The summed E-state index contributed by atoms with van der Waals surface area (Å²) in [4.78, 5) is 39.3. The van der Waals surface area contributed by atoms with E-state index in [0.717, 1.165) is 11.8 Å². The standard InChI is InChI=1S/C18H15N3O4S/c1-11(22)21-15-5-3-2-4-14(15)20-18(21)26-10-16(23)19-13-8-6-12(7-9-13)17(24)25/h2-9H,10H2,1H3,(H,19,23)(H,24,25). The van der Waals surface area contributed by atoms with Gasteiger partial charge in [-0.15, -0.1) is 0 Å². The number of fused-ring (bicyclic) bond motifs is 1. The summed E-state index contributed by atoms with van der Waals surface area (Å²) in [6.45, 7) is 1.45. The minimum absolute atomic E-state index is 0.0667. The van der Waals surface area contributed by atoms with Crippen LogP contribution in [0.5, 0.6) is 0 Å². The average molecular weight is 369 g/mol. The molecule has 2 aromatic carbocycles. The molecule has 0 fully saturated rings. The minimum atomic E-state index is -1.03. The van der Waals surface area contributed by atoms with Gasteiger partial charge in [0, 0.05) is 12.6 Å². The number of carbonyl (C=O) groups is 3. The van der Waals surface area contributed by atoms with Gasteiger partial charge in [-0.1, -0.05) is 23.9 Å². The first-order valence-electron chi connectivity index (χ1n) is 7.70. The molecule has 132 valence electrons. The number of nitrogens with zero attached hydrogens (tertiary/aromatic N) is 2. The zero-order valence-corrected chi connectivity index (χ0v) is 14.6. The second kappa shape index (κ2) is 7.40. The number of carbonyl (C=O) groups excluding carboxylic acids is 2. The molecule has 0 atom stereocenters. The number of aromatic nitrogens is 2. The summed E-state index contributed by atoms with van der Waals surface area (Å²) in [5.74, 6) is -1.41. The van der Waals surface area contributed by atoms with Gasteiger partial charge in [0.25, 0.3) is 0 Å². The summed E-state index contributed by atoms with van der Waals surface area (Å²) in [7, 11) is 0. The third-order valence-corrected chi connectivity index (χ3v) is 4.53. The number of rotatable bonds is 5. The number of thioether (sulfide) groups is 1. The van der Waals surface area contributed by atoms with Crippen molar-refractivity contribution in [3.8, 4) is 0 Å². The predicted octanol–water partition coefficient (Wildman–Crippen LogP) is 3.13. The van der Waals surface area contributed by atoms with Crippen molar-refractivity contribution in [2.45, 2.75) is 12.1 Å². The van der Waals surface area contributed by atoms with Gasteiger partial charge in [0.1, 0.15) is 0 Å². The van der Waals surface area contributed by atoms with Crippen LogP contribution in [0.3, 0.4) is 0 Å². The molecule has 7 nitrogen and oxygen atoms in total. The van der Waals surface area contributed by atoms with E-state index in [-0.39, 0.29) is 23.1 Å². The van der Waals surface area contributed by atoms with Crippen molar-refractivity contribution in [3.05, 3.63) is 54.1 Å². The zero-order valence-electron chi connectivity index (χ0n) is 13.8. The molecule has 0 aliphatic carbocycles. The van der Waals surface area contributed by atoms with Gasteiger partial charge < -0.3 is 10.4 Å². The summed E-state index contributed by atoms with van der Waals surface area (Å²) in [6, 6.07) is 13.2. The van der Waals surface area contributed by atoms with Gasteiger partial charge in [-0.2, -0.15) is 0 Å². The Morgan fingerprint density at radius 2 is 1.81 bits per heavy atom. The Hall–Kier alpha value is -3.13. The van der Waals surface area contributed by atoms with E-state index < -0.39 is 5.97 Å². The van der Waals surface area contributed by atoms with Crippen LogP contribution in [-0.2, 0) is 4.79 Å². The molecule has 0 bridgehead atoms. The van der Waals surface area contributed by atoms with Gasteiger partial charge in [0.15, 0.2) is 5.16 Å². The number of carboxylic acids is 1. The highest BCUT2D eigenvalue weighted by atomic mass is 32.2. The molecule has 0 spiro atoms. The van der Waals surface area contributed by atoms with E-state index in [4.69, 9.17) is 5.11 Å². The molecule has 3 rings (SSSR count). The molecule has 26 heavy (non-hydrogen) atoms. The molecule has 1 heterocycles. The molecule has 1 aromatic heterocycles. The van der Waals surface area contributed by atoms with Crippen LogP contribution >= 0.6 is 11.8 Å². The van der Waals surface area contributed by atoms with Crippen molar-refractivity contribution < 1.29 is 19.5 Å². The SMILES string of the molecule is CC(=O)n1c(SCC(=O)Nc2ccc(C(=O)O)cc2)nc2ccccc21. The van der Waals surface area contributed by atoms with Crippen LogP contribution in [0, 0.1) is 0 Å². The maximum atomic E-state index is 12.1. The van der Waals surface area contributed by atoms with Gasteiger partial charge in [0.05, 0.1) is 22.3 Å². The van der Waals surface area contributed by atoms with Crippen molar-refractivity contribution in [2.24, 2.45) is 0 Å². The van der Waals surface area contributed by atoms with E-state index in [0.29, 0.717) is 21.9 Å². The number of anilines is 1. The number of hydrogen-bond donors (Lipinski definition) is 2. The highest BCUT2D eigenvalue weighted by Gasteiger charge is 2.15. The Morgan fingerprint density at radius 3 is 2.46 bits per heavy atom. The number of benzene rings is 2. The fraction of sp³-hybridized carbons (Fsp3) is 0.111. The lowest BCUT2D eigenvalue weighted by Gasteiger charge is -2.06. The van der Waals surface area contributed by atoms with E-state index in [1.165, 1.54) is 35.8 Å². The lowest BCUT2D eigenvalue weighted by molar-refractivity contribution is -0.113. The van der Waals surface area contributed by atoms with Gasteiger partial charge in [-0.25, -0.2) is 9.78 Å². The number of imidazole rings is 1. The summed E-state index contributed by atoms with van der Waals surface area (Å²) >= 11 is 1.16. The number of carboxylic acid groups (broad SMARTS) is 1. The number of nitrogens with one attached hydrogen (secondary N) is 1. The van der Waals surface area contributed by atoms with E-state index in [2.05, 4.69) is 10.3 Å². The maximum absolute atomic E-state index is 12.1. The number of amides is 1. The first kappa shape index (κ1) is 17.7. The van der Waals surface area contributed by atoms with Gasteiger partial charge >= 0.3 is 5.97 Å². The Bertz CT molecular complexity index is 995. The first-order chi connectivity index (χ1) is 12.5. The molecule has 8 heteroatoms. The molecule has 2 N–H and O–H groups in total. The lowest BCUT2D eigenvalue weighted by atomic mass is 10.2. The van der Waals surface area contributed by atoms with Crippen LogP contribution in [0.2, 0.25) is 0 Å². The smallest absolute Gasteiger partial charge is 0.335 e. The maximum Gasteiger partial charge on any atom is 0.335 e. The fourth-order valence-corrected chi connectivity index (χ4v) is 3.28. The van der Waals surface area contributed by atoms with Crippen LogP contribution in [0.1, 0.15) is 22.1 Å². The van der Waals surface area contributed by atoms with Crippen LogP contribution in [0.25, 0.3) is 11.0 Å². The Morgan fingerprint density at radius 1 is 1.12 bits per heavy atom. The topological polar surface area (TPSA) is 101 Å². The summed E-state index contributed by atoms with van der Waals surface area (Å²) < 4.78 is 1.48. The quantitative estimate of drug-likeness (QED) is 0.670. The highest BCUT2D eigenvalue weighted by Crippen LogP contribution is 2.24. The lowest BCUT2D eigenvalue weighted by Crippen LogP contribution is -2.15. The average Bonchev–Trinajstić information content (AvgIpc) is 2.99. The molecule has 0 aliphatic rings. The predicted molar refractivity (Wildman–Crippen MR) is 98.8 cm³/mol. The number of aromatic carboxylic acids is 1. The molecule has 0 saturated carbocycles. The third kappa shape index (κ3) is 3.75. The van der Waals surface area contributed by atoms with Gasteiger partial charge in [0.2, 0.25) is 11.8 Å². The van der Waals surface area contributed by atoms with Crippen molar-refractivity contribution in [1.29, 1.82) is 0 Å². The molecular formula is C18H15N3O4S. The molecule has 0 aliphatic heterocycles. The van der Waals surface area contributed by atoms with Gasteiger partial charge in [-0.3, -0.25) is 14.2 Å². The van der Waals surface area contributed by atoms with E-state index in [9.17, 15) is 14.4 Å². The zero-order chi connectivity index (χ0) is 18.7. The summed E-state index contributed by atoms with van der Waals surface area (Å²) in [5, 5.41) is 12.0. The summed E-state index contributed by atoms with van der Waals surface area (Å²) in [5.41, 5.74) is 2.04. The second-order valence-electron chi connectivity index (χ2n) is 5.46. The second-order valence-corrected chi connectivity index (χ2v) is 6.40. The molecule has 1 amide bonds. The third-order valence-electron chi connectivity index (χ3n) is 3.59. The number of hydrogen-bond acceptors (Lipinski definition) is 5. The van der Waals surface area contributed by atoms with E-state index in [1.54, 1.807) is 6.07 Å². The van der Waals surface area contributed by atoms with E-state index in [1.807, 2.05) is 18.2 Å². The molecular weight excluding hydrogens is 354 g/mol. The normalized spacial score (nSPS) is 10.7. The molecule has 3 aromatic rings. The Labute approximate surface area is 153 Å². The highest BCUT2D eigenvalue weighted by molar-refractivity contribution is 7.99. The minimum Gasteiger partial charge on any atom is -0.478 e. The van der Waals surface area contributed by atoms with Crippen LogP contribution < -0.4 is 5.32 Å².